The molecule has 0 spiro atoms. The van der Waals surface area contributed by atoms with Crippen LogP contribution in [0.1, 0.15) is 11.3 Å². The molecule has 3 heterocycles. The van der Waals surface area contributed by atoms with E-state index < -0.39 is 0 Å². The van der Waals surface area contributed by atoms with Crippen molar-refractivity contribution in [2.24, 2.45) is 11.8 Å². The molecule has 1 aromatic heterocycles. The Morgan fingerprint density at radius 2 is 1.83 bits per heavy atom. The maximum absolute atomic E-state index is 14.0. The third-order valence-electron chi connectivity index (χ3n) is 5.11. The number of benzene rings is 1. The zero-order valence-corrected chi connectivity index (χ0v) is 14.4. The molecular weight excluding hydrogens is 327 g/mol. The molecule has 2 saturated heterocycles. The Morgan fingerprint density at radius 1 is 1.08 bits per heavy atom. The lowest BCUT2D eigenvalue weighted by Gasteiger charge is -2.22. The van der Waals surface area contributed by atoms with Gasteiger partial charge in [0.1, 0.15) is 5.82 Å². The van der Waals surface area contributed by atoms with Crippen molar-refractivity contribution in [3.8, 4) is 0 Å². The molecule has 0 saturated carbocycles. The highest BCUT2D eigenvalue weighted by Gasteiger charge is 2.40. The minimum Gasteiger partial charge on any atom is -0.354 e. The number of rotatable bonds is 3. The molecule has 126 valence electrons. The predicted octanol–water partition coefficient (Wildman–Crippen LogP) is 3.15. The van der Waals surface area contributed by atoms with E-state index in [-0.39, 0.29) is 5.82 Å². The monoisotopic (exact) mass is 346 g/mol. The van der Waals surface area contributed by atoms with E-state index >= 15 is 0 Å². The van der Waals surface area contributed by atoms with Gasteiger partial charge in [0.25, 0.3) is 0 Å². The van der Waals surface area contributed by atoms with Crippen LogP contribution in [0.2, 0.25) is 5.02 Å². The topological polar surface area (TPSA) is 32.3 Å². The fourth-order valence-electron chi connectivity index (χ4n) is 3.87. The lowest BCUT2D eigenvalue weighted by molar-refractivity contribution is 0.304. The van der Waals surface area contributed by atoms with E-state index in [0.29, 0.717) is 29.0 Å². The van der Waals surface area contributed by atoms with E-state index in [2.05, 4.69) is 20.0 Å². The normalized spacial score (nSPS) is 23.7. The molecule has 0 amide bonds. The lowest BCUT2D eigenvalue weighted by Crippen LogP contribution is -2.29. The zero-order chi connectivity index (χ0) is 16.7. The number of aryl methyl sites for hydroxylation is 1. The number of halogens is 2. The lowest BCUT2D eigenvalue weighted by atomic mass is 10.0. The quantitative estimate of drug-likeness (QED) is 0.854. The maximum atomic E-state index is 14.0. The molecule has 0 bridgehead atoms. The molecule has 4 nitrogen and oxygen atoms in total. The number of anilines is 1. The van der Waals surface area contributed by atoms with Gasteiger partial charge in [0.2, 0.25) is 0 Å². The summed E-state index contributed by atoms with van der Waals surface area (Å²) in [5.74, 6) is 1.94. The van der Waals surface area contributed by atoms with Crippen molar-refractivity contribution in [2.75, 3.05) is 31.1 Å². The SMILES string of the molecule is Cc1ccc(N2CC3CN(Cc4c(F)cccc4Cl)CC3C2)nn1. The van der Waals surface area contributed by atoms with E-state index in [9.17, 15) is 4.39 Å². The van der Waals surface area contributed by atoms with Crippen molar-refractivity contribution in [3.05, 3.63) is 52.4 Å². The van der Waals surface area contributed by atoms with E-state index in [4.69, 9.17) is 11.6 Å². The first-order chi connectivity index (χ1) is 11.6. The molecule has 2 unspecified atom stereocenters. The molecule has 2 aromatic rings. The summed E-state index contributed by atoms with van der Waals surface area (Å²) >= 11 is 6.15. The number of aromatic nitrogens is 2. The van der Waals surface area contributed by atoms with E-state index in [1.54, 1.807) is 12.1 Å². The van der Waals surface area contributed by atoms with Gasteiger partial charge in [-0.25, -0.2) is 4.39 Å². The highest BCUT2D eigenvalue weighted by Crippen LogP contribution is 2.34. The van der Waals surface area contributed by atoms with Crippen molar-refractivity contribution in [2.45, 2.75) is 13.5 Å². The molecule has 1 aromatic carbocycles. The van der Waals surface area contributed by atoms with Crippen LogP contribution in [0.3, 0.4) is 0 Å². The second-order valence-electron chi connectivity index (χ2n) is 6.85. The predicted molar refractivity (Wildman–Crippen MR) is 92.6 cm³/mol. The number of likely N-dealkylation sites (tertiary alicyclic amines) is 1. The third-order valence-corrected chi connectivity index (χ3v) is 5.47. The first-order valence-corrected chi connectivity index (χ1v) is 8.68. The second kappa shape index (κ2) is 6.30. The molecule has 0 aliphatic carbocycles. The molecule has 2 aliphatic heterocycles. The van der Waals surface area contributed by atoms with Crippen LogP contribution in [0.5, 0.6) is 0 Å². The summed E-state index contributed by atoms with van der Waals surface area (Å²) in [6.07, 6.45) is 0. The molecule has 2 fully saturated rings. The van der Waals surface area contributed by atoms with Crippen molar-refractivity contribution < 1.29 is 4.39 Å². The summed E-state index contributed by atoms with van der Waals surface area (Å²) < 4.78 is 14.0. The van der Waals surface area contributed by atoms with Gasteiger partial charge in [-0.2, -0.15) is 5.10 Å². The molecule has 2 aliphatic rings. The van der Waals surface area contributed by atoms with Crippen LogP contribution in [0.15, 0.2) is 30.3 Å². The Balaban J connectivity index is 1.40. The standard InChI is InChI=1S/C18H20ClFN4/c1-12-5-6-18(22-21-12)24-9-13-7-23(8-14(13)10-24)11-15-16(19)3-2-4-17(15)20/h2-6,13-14H,7-11H2,1H3. The van der Waals surface area contributed by atoms with E-state index in [0.717, 1.165) is 37.7 Å². The van der Waals surface area contributed by atoms with Crippen molar-refractivity contribution in [3.63, 3.8) is 0 Å². The Kier molecular flexibility index (Phi) is 4.14. The molecule has 6 heteroatoms. The summed E-state index contributed by atoms with van der Waals surface area (Å²) in [7, 11) is 0. The zero-order valence-electron chi connectivity index (χ0n) is 13.6. The van der Waals surface area contributed by atoms with E-state index in [1.165, 1.54) is 6.07 Å². The van der Waals surface area contributed by atoms with Crippen LogP contribution < -0.4 is 4.90 Å². The third kappa shape index (κ3) is 2.98. The van der Waals surface area contributed by atoms with Gasteiger partial charge in [0.15, 0.2) is 5.82 Å². The smallest absolute Gasteiger partial charge is 0.151 e. The van der Waals surface area contributed by atoms with Crippen LogP contribution in [0.25, 0.3) is 0 Å². The molecule has 2 atom stereocenters. The number of hydrogen-bond donors (Lipinski definition) is 0. The van der Waals surface area contributed by atoms with Crippen LogP contribution in [-0.4, -0.2) is 41.3 Å². The average Bonchev–Trinajstić information content (AvgIpc) is 3.10. The van der Waals surface area contributed by atoms with E-state index in [1.807, 2.05) is 19.1 Å². The number of hydrogen-bond acceptors (Lipinski definition) is 4. The van der Waals surface area contributed by atoms with Crippen molar-refractivity contribution >= 4 is 17.4 Å². The van der Waals surface area contributed by atoms with Crippen LogP contribution in [0, 0.1) is 24.6 Å². The van der Waals surface area contributed by atoms with Gasteiger partial charge in [-0.05, 0) is 43.0 Å². The summed E-state index contributed by atoms with van der Waals surface area (Å²) in [6.45, 7) is 6.47. The van der Waals surface area contributed by atoms with Crippen LogP contribution in [-0.2, 0) is 6.54 Å². The summed E-state index contributed by atoms with van der Waals surface area (Å²) in [4.78, 5) is 4.63. The van der Waals surface area contributed by atoms with Crippen LogP contribution >= 0.6 is 11.6 Å². The van der Waals surface area contributed by atoms with Gasteiger partial charge in [-0.1, -0.05) is 17.7 Å². The minimum atomic E-state index is -0.212. The van der Waals surface area contributed by atoms with Gasteiger partial charge >= 0.3 is 0 Å². The summed E-state index contributed by atoms with van der Waals surface area (Å²) in [5, 5.41) is 8.96. The first-order valence-electron chi connectivity index (χ1n) is 8.30. The first kappa shape index (κ1) is 15.8. The second-order valence-corrected chi connectivity index (χ2v) is 7.26. The minimum absolute atomic E-state index is 0.212. The van der Waals surface area contributed by atoms with Gasteiger partial charge in [-0.3, -0.25) is 4.90 Å². The number of fused-ring (bicyclic) bond motifs is 1. The molecule has 0 N–H and O–H groups in total. The summed E-state index contributed by atoms with van der Waals surface area (Å²) in [5.41, 5.74) is 1.55. The Bertz CT molecular complexity index is 702. The maximum Gasteiger partial charge on any atom is 0.151 e. The molecule has 0 radical (unpaired) electrons. The molecule has 24 heavy (non-hydrogen) atoms. The summed E-state index contributed by atoms with van der Waals surface area (Å²) in [6, 6.07) is 8.94. The Morgan fingerprint density at radius 3 is 2.46 bits per heavy atom. The van der Waals surface area contributed by atoms with Gasteiger partial charge in [0.05, 0.1) is 5.69 Å². The van der Waals surface area contributed by atoms with Crippen LogP contribution in [0.4, 0.5) is 10.2 Å². The largest absolute Gasteiger partial charge is 0.354 e. The highest BCUT2D eigenvalue weighted by atomic mass is 35.5. The molecule has 4 rings (SSSR count). The number of nitrogens with zero attached hydrogens (tertiary/aromatic N) is 4. The molecular formula is C18H20ClFN4. The van der Waals surface area contributed by atoms with Crippen molar-refractivity contribution in [1.82, 2.24) is 15.1 Å². The van der Waals surface area contributed by atoms with Crippen molar-refractivity contribution in [1.29, 1.82) is 0 Å². The Hall–Kier alpha value is -1.72. The van der Waals surface area contributed by atoms with Gasteiger partial charge < -0.3 is 4.90 Å². The van der Waals surface area contributed by atoms with Gasteiger partial charge in [-0.15, -0.1) is 5.10 Å². The Labute approximate surface area is 146 Å². The highest BCUT2D eigenvalue weighted by molar-refractivity contribution is 6.31. The fourth-order valence-corrected chi connectivity index (χ4v) is 4.10. The average molecular weight is 347 g/mol. The fraction of sp³-hybridized carbons (Fsp3) is 0.444. The van der Waals surface area contributed by atoms with Gasteiger partial charge in [0, 0.05) is 43.3 Å².